The summed E-state index contributed by atoms with van der Waals surface area (Å²) in [6, 6.07) is 13.0. The zero-order valence-corrected chi connectivity index (χ0v) is 13.8. The van der Waals surface area contributed by atoms with Gasteiger partial charge < -0.3 is 5.11 Å². The molecule has 3 aromatic rings. The molecule has 1 heterocycles. The molecule has 0 aliphatic carbocycles. The van der Waals surface area contributed by atoms with Crippen molar-refractivity contribution in [3.63, 3.8) is 0 Å². The van der Waals surface area contributed by atoms with Crippen molar-refractivity contribution in [3.05, 3.63) is 70.8 Å². The Kier molecular flexibility index (Phi) is 4.21. The Balaban J connectivity index is 1.88. The summed E-state index contributed by atoms with van der Waals surface area (Å²) < 4.78 is 24.3. The third kappa shape index (κ3) is 3.22. The van der Waals surface area contributed by atoms with Gasteiger partial charge >= 0.3 is 0 Å². The maximum absolute atomic E-state index is 12.4. The Morgan fingerprint density at radius 2 is 1.79 bits per heavy atom. The fraction of sp³-hybridized carbons (Fsp3) is 0.176. The SMILES string of the molecule is CS(=O)(=O)c1ccc(C(O)Cn2cnc3ccccc3c2=O)cc1. The molecule has 0 fully saturated rings. The van der Waals surface area contributed by atoms with Gasteiger partial charge in [0.2, 0.25) is 0 Å². The topological polar surface area (TPSA) is 89.3 Å². The lowest BCUT2D eigenvalue weighted by molar-refractivity contribution is 0.155. The second kappa shape index (κ2) is 6.18. The monoisotopic (exact) mass is 344 g/mol. The first-order valence-electron chi connectivity index (χ1n) is 7.28. The molecule has 0 aliphatic rings. The van der Waals surface area contributed by atoms with E-state index in [1.807, 2.05) is 0 Å². The average molecular weight is 344 g/mol. The van der Waals surface area contributed by atoms with Gasteiger partial charge in [0.25, 0.3) is 5.56 Å². The largest absolute Gasteiger partial charge is 0.387 e. The molecule has 1 unspecified atom stereocenters. The van der Waals surface area contributed by atoms with Crippen molar-refractivity contribution < 1.29 is 13.5 Å². The second-order valence-corrected chi connectivity index (χ2v) is 7.59. The summed E-state index contributed by atoms with van der Waals surface area (Å²) in [6.07, 6.45) is 1.58. The smallest absolute Gasteiger partial charge is 0.261 e. The van der Waals surface area contributed by atoms with Gasteiger partial charge in [0.15, 0.2) is 9.84 Å². The average Bonchev–Trinajstić information content (AvgIpc) is 2.57. The van der Waals surface area contributed by atoms with Crippen LogP contribution in [0.3, 0.4) is 0 Å². The van der Waals surface area contributed by atoms with Crippen molar-refractivity contribution in [3.8, 4) is 0 Å². The van der Waals surface area contributed by atoms with E-state index in [-0.39, 0.29) is 17.0 Å². The molecule has 0 aliphatic heterocycles. The Hall–Kier alpha value is -2.51. The number of para-hydroxylation sites is 1. The molecule has 3 rings (SSSR count). The van der Waals surface area contributed by atoms with E-state index in [9.17, 15) is 18.3 Å². The van der Waals surface area contributed by atoms with Crippen LogP contribution >= 0.6 is 0 Å². The van der Waals surface area contributed by atoms with Crippen molar-refractivity contribution in [2.45, 2.75) is 17.5 Å². The number of benzene rings is 2. The number of hydrogen-bond acceptors (Lipinski definition) is 5. The molecule has 0 spiro atoms. The maximum Gasteiger partial charge on any atom is 0.261 e. The molecule has 0 radical (unpaired) electrons. The third-order valence-electron chi connectivity index (χ3n) is 3.79. The number of aliphatic hydroxyl groups is 1. The van der Waals surface area contributed by atoms with E-state index in [2.05, 4.69) is 4.98 Å². The highest BCUT2D eigenvalue weighted by molar-refractivity contribution is 7.90. The molecule has 1 atom stereocenters. The van der Waals surface area contributed by atoms with Crippen LogP contribution in [0.2, 0.25) is 0 Å². The number of aliphatic hydroxyl groups excluding tert-OH is 1. The number of fused-ring (bicyclic) bond motifs is 1. The van der Waals surface area contributed by atoms with E-state index < -0.39 is 15.9 Å². The molecule has 0 amide bonds. The first-order chi connectivity index (χ1) is 11.4. The third-order valence-corrected chi connectivity index (χ3v) is 4.92. The van der Waals surface area contributed by atoms with Gasteiger partial charge in [-0.05, 0) is 29.8 Å². The van der Waals surface area contributed by atoms with Crippen molar-refractivity contribution in [2.24, 2.45) is 0 Å². The van der Waals surface area contributed by atoms with Crippen LogP contribution in [0.1, 0.15) is 11.7 Å². The highest BCUT2D eigenvalue weighted by Crippen LogP contribution is 2.18. The lowest BCUT2D eigenvalue weighted by atomic mass is 10.1. The summed E-state index contributed by atoms with van der Waals surface area (Å²) in [5, 5.41) is 10.8. The number of rotatable bonds is 4. The number of sulfone groups is 1. The van der Waals surface area contributed by atoms with Gasteiger partial charge in [0.05, 0.1) is 34.8 Å². The van der Waals surface area contributed by atoms with Crippen LogP contribution in [-0.4, -0.2) is 29.3 Å². The quantitative estimate of drug-likeness (QED) is 0.775. The maximum atomic E-state index is 12.4. The number of hydrogen-bond donors (Lipinski definition) is 1. The molecule has 1 aromatic heterocycles. The summed E-state index contributed by atoms with van der Waals surface area (Å²) in [6.45, 7) is 0.0366. The van der Waals surface area contributed by atoms with E-state index in [0.717, 1.165) is 6.26 Å². The Morgan fingerprint density at radius 3 is 2.46 bits per heavy atom. The van der Waals surface area contributed by atoms with Crippen LogP contribution in [-0.2, 0) is 16.4 Å². The fourth-order valence-electron chi connectivity index (χ4n) is 2.47. The van der Waals surface area contributed by atoms with Crippen LogP contribution in [0, 0.1) is 0 Å². The van der Waals surface area contributed by atoms with Gasteiger partial charge in [-0.1, -0.05) is 24.3 Å². The normalized spacial score (nSPS) is 13.1. The zero-order chi connectivity index (χ0) is 17.3. The molecule has 0 saturated carbocycles. The predicted molar refractivity (Wildman–Crippen MR) is 90.5 cm³/mol. The number of nitrogens with zero attached hydrogens (tertiary/aromatic N) is 2. The Morgan fingerprint density at radius 1 is 1.12 bits per heavy atom. The summed E-state index contributed by atoms with van der Waals surface area (Å²) in [5.41, 5.74) is 0.903. The molecule has 7 heteroatoms. The van der Waals surface area contributed by atoms with Crippen LogP contribution in [0.15, 0.2) is 64.5 Å². The van der Waals surface area contributed by atoms with Gasteiger partial charge in [-0.25, -0.2) is 13.4 Å². The van der Waals surface area contributed by atoms with Crippen molar-refractivity contribution in [1.82, 2.24) is 9.55 Å². The van der Waals surface area contributed by atoms with Crippen molar-refractivity contribution in [2.75, 3.05) is 6.26 Å². The van der Waals surface area contributed by atoms with Gasteiger partial charge in [0.1, 0.15) is 0 Å². The van der Waals surface area contributed by atoms with E-state index >= 15 is 0 Å². The highest BCUT2D eigenvalue weighted by atomic mass is 32.2. The number of aromatic nitrogens is 2. The molecule has 6 nitrogen and oxygen atoms in total. The van der Waals surface area contributed by atoms with Crippen LogP contribution in [0.25, 0.3) is 10.9 Å². The van der Waals surface area contributed by atoms with Gasteiger partial charge in [-0.2, -0.15) is 0 Å². The standard InChI is InChI=1S/C17H16N2O4S/c1-24(22,23)13-8-6-12(7-9-13)16(20)10-19-11-18-15-5-3-2-4-14(15)17(19)21/h2-9,11,16,20H,10H2,1H3. The molecule has 0 saturated heterocycles. The van der Waals surface area contributed by atoms with Crippen LogP contribution < -0.4 is 5.56 Å². The highest BCUT2D eigenvalue weighted by Gasteiger charge is 2.13. The zero-order valence-electron chi connectivity index (χ0n) is 13.0. The first-order valence-corrected chi connectivity index (χ1v) is 9.17. The fourth-order valence-corrected chi connectivity index (χ4v) is 3.10. The van der Waals surface area contributed by atoms with Crippen LogP contribution in [0.4, 0.5) is 0 Å². The molecule has 2 aromatic carbocycles. The van der Waals surface area contributed by atoms with Gasteiger partial charge in [-0.15, -0.1) is 0 Å². The van der Waals surface area contributed by atoms with E-state index in [1.165, 1.54) is 23.0 Å². The first kappa shape index (κ1) is 16.4. The summed E-state index contributed by atoms with van der Waals surface area (Å²) in [4.78, 5) is 16.8. The minimum Gasteiger partial charge on any atom is -0.387 e. The van der Waals surface area contributed by atoms with Gasteiger partial charge in [0, 0.05) is 6.26 Å². The summed E-state index contributed by atoms with van der Waals surface area (Å²) >= 11 is 0. The molecular weight excluding hydrogens is 328 g/mol. The molecule has 24 heavy (non-hydrogen) atoms. The summed E-state index contributed by atoms with van der Waals surface area (Å²) in [7, 11) is -3.28. The lowest BCUT2D eigenvalue weighted by Crippen LogP contribution is -2.23. The van der Waals surface area contributed by atoms with Crippen molar-refractivity contribution in [1.29, 1.82) is 0 Å². The minimum absolute atomic E-state index is 0.0366. The Labute approximate surface area is 138 Å². The predicted octanol–water partition coefficient (Wildman–Crippen LogP) is 1.53. The van der Waals surface area contributed by atoms with Crippen LogP contribution in [0.5, 0.6) is 0 Å². The molecule has 0 bridgehead atoms. The van der Waals surface area contributed by atoms with E-state index in [1.54, 1.807) is 36.4 Å². The second-order valence-electron chi connectivity index (χ2n) is 5.58. The van der Waals surface area contributed by atoms with Crippen molar-refractivity contribution >= 4 is 20.7 Å². The molecule has 1 N–H and O–H groups in total. The summed E-state index contributed by atoms with van der Waals surface area (Å²) in [5.74, 6) is 0. The van der Waals surface area contributed by atoms with Gasteiger partial charge in [-0.3, -0.25) is 9.36 Å². The molecule has 124 valence electrons. The van der Waals surface area contributed by atoms with E-state index in [0.29, 0.717) is 16.5 Å². The van der Waals surface area contributed by atoms with E-state index in [4.69, 9.17) is 0 Å². The minimum atomic E-state index is -3.28. The Bertz CT molecular complexity index is 1040. The molecular formula is C17H16N2O4S. The lowest BCUT2D eigenvalue weighted by Gasteiger charge is -2.13.